The first-order chi connectivity index (χ1) is 15.1. The number of hydrogen-bond donors (Lipinski definition) is 2. The lowest BCUT2D eigenvalue weighted by Gasteiger charge is -2.19. The van der Waals surface area contributed by atoms with E-state index in [1.165, 1.54) is 0 Å². The van der Waals surface area contributed by atoms with Gasteiger partial charge in [0.25, 0.3) is 0 Å². The number of hydrogen-bond acceptors (Lipinski definition) is 5. The largest absolute Gasteiger partial charge is 0.309 e. The van der Waals surface area contributed by atoms with Crippen LogP contribution in [0.3, 0.4) is 0 Å². The molecule has 158 valence electrons. The number of aromatic nitrogens is 5. The average molecular weight is 416 g/mol. The summed E-state index contributed by atoms with van der Waals surface area (Å²) >= 11 is 0. The Balaban J connectivity index is 1.43. The van der Waals surface area contributed by atoms with Gasteiger partial charge in [-0.1, -0.05) is 30.3 Å². The summed E-state index contributed by atoms with van der Waals surface area (Å²) in [6, 6.07) is 12.9. The van der Waals surface area contributed by atoms with Crippen LogP contribution in [-0.4, -0.2) is 37.0 Å². The third kappa shape index (κ3) is 5.23. The van der Waals surface area contributed by atoms with E-state index in [4.69, 9.17) is 0 Å². The molecule has 0 saturated carbocycles. The van der Waals surface area contributed by atoms with Crippen LogP contribution in [0.15, 0.2) is 73.4 Å². The number of nitrogens with zero attached hydrogens (tertiary/aromatic N) is 5. The van der Waals surface area contributed by atoms with Crippen LogP contribution >= 0.6 is 0 Å². The van der Waals surface area contributed by atoms with Crippen molar-refractivity contribution in [2.24, 2.45) is 7.05 Å². The molecule has 1 aromatic carbocycles. The summed E-state index contributed by atoms with van der Waals surface area (Å²) in [5.41, 5.74) is 3.92. The van der Waals surface area contributed by atoms with Crippen LogP contribution in [0.5, 0.6) is 0 Å². The van der Waals surface area contributed by atoms with Gasteiger partial charge in [0.2, 0.25) is 5.91 Å². The van der Waals surface area contributed by atoms with Crippen LogP contribution in [0, 0.1) is 6.92 Å². The van der Waals surface area contributed by atoms with E-state index in [-0.39, 0.29) is 5.91 Å². The van der Waals surface area contributed by atoms with Gasteiger partial charge in [-0.3, -0.25) is 14.2 Å². The fraction of sp³-hybridized carbons (Fsp3) is 0.217. The summed E-state index contributed by atoms with van der Waals surface area (Å²) in [5, 5.41) is 14.7. The molecule has 8 heteroatoms. The minimum Gasteiger partial charge on any atom is -0.309 e. The Labute approximate surface area is 180 Å². The number of nitrogens with one attached hydrogen (secondary N) is 2. The van der Waals surface area contributed by atoms with Gasteiger partial charge in [0, 0.05) is 43.3 Å². The van der Waals surface area contributed by atoms with Gasteiger partial charge < -0.3 is 10.6 Å². The number of amides is 1. The molecule has 0 aliphatic heterocycles. The number of aryl methyl sites for hydroxylation is 2. The van der Waals surface area contributed by atoms with Crippen molar-refractivity contribution in [3.8, 4) is 11.1 Å². The zero-order chi connectivity index (χ0) is 21.6. The predicted molar refractivity (Wildman–Crippen MR) is 119 cm³/mol. The molecule has 2 N–H and O–H groups in total. The smallest absolute Gasteiger partial charge is 0.247 e. The van der Waals surface area contributed by atoms with Crippen molar-refractivity contribution in [1.29, 1.82) is 0 Å². The quantitative estimate of drug-likeness (QED) is 0.462. The van der Waals surface area contributed by atoms with Crippen molar-refractivity contribution in [3.63, 3.8) is 0 Å². The summed E-state index contributed by atoms with van der Waals surface area (Å²) in [6.07, 6.45) is 9.24. The van der Waals surface area contributed by atoms with Crippen molar-refractivity contribution in [2.75, 3.05) is 11.9 Å². The van der Waals surface area contributed by atoms with E-state index in [2.05, 4.69) is 25.8 Å². The van der Waals surface area contributed by atoms with Crippen LogP contribution in [0.25, 0.3) is 11.1 Å². The molecule has 3 aromatic heterocycles. The van der Waals surface area contributed by atoms with Gasteiger partial charge >= 0.3 is 0 Å². The molecule has 4 aromatic rings. The maximum absolute atomic E-state index is 13.1. The Hall–Kier alpha value is -3.78. The fourth-order valence-electron chi connectivity index (χ4n) is 3.33. The van der Waals surface area contributed by atoms with Gasteiger partial charge in [-0.15, -0.1) is 0 Å². The van der Waals surface area contributed by atoms with Crippen LogP contribution < -0.4 is 10.6 Å². The van der Waals surface area contributed by atoms with Crippen LogP contribution in [-0.2, 0) is 18.4 Å². The van der Waals surface area contributed by atoms with Crippen molar-refractivity contribution < 1.29 is 4.79 Å². The first-order valence-corrected chi connectivity index (χ1v) is 10.1. The van der Waals surface area contributed by atoms with Crippen molar-refractivity contribution >= 4 is 11.7 Å². The summed E-state index contributed by atoms with van der Waals surface area (Å²) in [7, 11) is 1.87. The van der Waals surface area contributed by atoms with Gasteiger partial charge in [0.1, 0.15) is 11.9 Å². The standard InChI is InChI=1S/C23H25N7O/c1-17-12-27-30(15-17)11-10-24-22(18-6-4-3-5-7-18)23(31)28-21-9-8-19(13-25-21)20-14-26-29(2)16-20/h3-9,12-16,22,24H,10-11H2,1-2H3,(H,25,28,31)/t22-/m1/s1. The predicted octanol–water partition coefficient (Wildman–Crippen LogP) is 2.96. The highest BCUT2D eigenvalue weighted by Gasteiger charge is 2.20. The van der Waals surface area contributed by atoms with E-state index < -0.39 is 6.04 Å². The zero-order valence-corrected chi connectivity index (χ0v) is 17.6. The second kappa shape index (κ2) is 9.36. The van der Waals surface area contributed by atoms with E-state index in [1.807, 2.05) is 73.6 Å². The fourth-order valence-corrected chi connectivity index (χ4v) is 3.33. The second-order valence-electron chi connectivity index (χ2n) is 7.40. The monoisotopic (exact) mass is 415 g/mol. The van der Waals surface area contributed by atoms with E-state index in [0.717, 1.165) is 22.3 Å². The normalized spacial score (nSPS) is 11.9. The van der Waals surface area contributed by atoms with Gasteiger partial charge in [-0.2, -0.15) is 10.2 Å². The highest BCUT2D eigenvalue weighted by Crippen LogP contribution is 2.20. The molecule has 0 spiro atoms. The molecule has 0 radical (unpaired) electrons. The molecule has 4 rings (SSSR count). The molecule has 3 heterocycles. The molecular formula is C23H25N7O. The average Bonchev–Trinajstić information content (AvgIpc) is 3.40. The van der Waals surface area contributed by atoms with Gasteiger partial charge in [0.15, 0.2) is 0 Å². The third-order valence-corrected chi connectivity index (χ3v) is 4.90. The van der Waals surface area contributed by atoms with E-state index in [0.29, 0.717) is 18.9 Å². The summed E-state index contributed by atoms with van der Waals surface area (Å²) in [5.74, 6) is 0.340. The minimum atomic E-state index is -0.502. The van der Waals surface area contributed by atoms with Crippen molar-refractivity contribution in [3.05, 3.63) is 84.6 Å². The molecular weight excluding hydrogens is 390 g/mol. The Morgan fingerprint density at radius 1 is 1.00 bits per heavy atom. The lowest BCUT2D eigenvalue weighted by molar-refractivity contribution is -0.118. The topological polar surface area (TPSA) is 89.7 Å². The minimum absolute atomic E-state index is 0.163. The third-order valence-electron chi connectivity index (χ3n) is 4.90. The molecule has 0 aliphatic rings. The Kier molecular flexibility index (Phi) is 6.18. The molecule has 1 atom stereocenters. The molecule has 0 unspecified atom stereocenters. The molecule has 0 aliphatic carbocycles. The first kappa shape index (κ1) is 20.5. The number of carbonyl (C=O) groups is 1. The number of anilines is 1. The molecule has 0 saturated heterocycles. The highest BCUT2D eigenvalue weighted by molar-refractivity contribution is 5.94. The Morgan fingerprint density at radius 3 is 2.48 bits per heavy atom. The van der Waals surface area contributed by atoms with E-state index >= 15 is 0 Å². The van der Waals surface area contributed by atoms with Crippen LogP contribution in [0.1, 0.15) is 17.2 Å². The lowest BCUT2D eigenvalue weighted by atomic mass is 10.1. The second-order valence-corrected chi connectivity index (χ2v) is 7.40. The Bertz CT molecular complexity index is 1130. The zero-order valence-electron chi connectivity index (χ0n) is 17.6. The maximum atomic E-state index is 13.1. The highest BCUT2D eigenvalue weighted by atomic mass is 16.2. The van der Waals surface area contributed by atoms with Crippen LogP contribution in [0.2, 0.25) is 0 Å². The number of benzene rings is 1. The van der Waals surface area contributed by atoms with Gasteiger partial charge in [0.05, 0.1) is 18.9 Å². The van der Waals surface area contributed by atoms with Crippen molar-refractivity contribution in [1.82, 2.24) is 29.9 Å². The molecule has 0 bridgehead atoms. The number of carbonyl (C=O) groups excluding carboxylic acids is 1. The number of rotatable bonds is 8. The first-order valence-electron chi connectivity index (χ1n) is 10.1. The van der Waals surface area contributed by atoms with Crippen LogP contribution in [0.4, 0.5) is 5.82 Å². The summed E-state index contributed by atoms with van der Waals surface area (Å²) < 4.78 is 3.60. The maximum Gasteiger partial charge on any atom is 0.247 e. The van der Waals surface area contributed by atoms with Crippen molar-refractivity contribution in [2.45, 2.75) is 19.5 Å². The molecule has 31 heavy (non-hydrogen) atoms. The van der Waals surface area contributed by atoms with Gasteiger partial charge in [-0.05, 0) is 30.2 Å². The van der Waals surface area contributed by atoms with E-state index in [1.54, 1.807) is 23.1 Å². The van der Waals surface area contributed by atoms with Gasteiger partial charge in [-0.25, -0.2) is 4.98 Å². The molecule has 1 amide bonds. The molecule has 8 nitrogen and oxygen atoms in total. The van der Waals surface area contributed by atoms with E-state index in [9.17, 15) is 4.79 Å². The SMILES string of the molecule is Cc1cnn(CCN[C@@H](C(=O)Nc2ccc(-c3cnn(C)c3)cn2)c2ccccc2)c1. The summed E-state index contributed by atoms with van der Waals surface area (Å²) in [6.45, 7) is 3.27. The summed E-state index contributed by atoms with van der Waals surface area (Å²) in [4.78, 5) is 17.5. The molecule has 0 fully saturated rings. The Morgan fingerprint density at radius 2 is 1.84 bits per heavy atom. The lowest BCUT2D eigenvalue weighted by Crippen LogP contribution is -2.35. The number of pyridine rings is 1.